The van der Waals surface area contributed by atoms with E-state index >= 15 is 0 Å². The minimum absolute atomic E-state index is 0.588. The first-order valence-electron chi connectivity index (χ1n) is 2.22. The number of aromatic nitrogens is 2. The molecule has 2 N–H and O–H groups in total. The van der Waals surface area contributed by atoms with Crippen LogP contribution < -0.4 is 5.48 Å². The highest BCUT2D eigenvalue weighted by molar-refractivity contribution is 5.29. The zero-order valence-corrected chi connectivity index (χ0v) is 4.50. The fraction of sp³-hybridized carbons (Fsp3) is 0.250. The molecular weight excluding hydrogens is 106 g/mol. The molecule has 0 aromatic carbocycles. The highest BCUT2D eigenvalue weighted by atomic mass is 16.5. The van der Waals surface area contributed by atoms with Crippen LogP contribution in [0.5, 0.6) is 0 Å². The van der Waals surface area contributed by atoms with Crippen molar-refractivity contribution >= 4 is 5.82 Å². The minimum atomic E-state index is 0.588. The van der Waals surface area contributed by atoms with E-state index in [-0.39, 0.29) is 0 Å². The van der Waals surface area contributed by atoms with E-state index in [1.54, 1.807) is 19.3 Å². The van der Waals surface area contributed by atoms with Gasteiger partial charge in [0, 0.05) is 13.1 Å². The van der Waals surface area contributed by atoms with E-state index in [4.69, 9.17) is 5.21 Å². The lowest BCUT2D eigenvalue weighted by atomic mass is 10.7. The SMILES string of the molecule is Cn1nccc1NO. The maximum absolute atomic E-state index is 8.30. The van der Waals surface area contributed by atoms with Gasteiger partial charge in [0.2, 0.25) is 0 Å². The summed E-state index contributed by atoms with van der Waals surface area (Å²) >= 11 is 0. The van der Waals surface area contributed by atoms with E-state index in [9.17, 15) is 0 Å². The lowest BCUT2D eigenvalue weighted by molar-refractivity contribution is 0.381. The van der Waals surface area contributed by atoms with E-state index in [2.05, 4.69) is 5.10 Å². The molecule has 44 valence electrons. The summed E-state index contributed by atoms with van der Waals surface area (Å²) in [6.45, 7) is 0. The van der Waals surface area contributed by atoms with Crippen molar-refractivity contribution in [2.45, 2.75) is 0 Å². The van der Waals surface area contributed by atoms with Gasteiger partial charge in [-0.1, -0.05) is 0 Å². The summed E-state index contributed by atoms with van der Waals surface area (Å²) in [5.41, 5.74) is 1.98. The third kappa shape index (κ3) is 0.651. The second-order valence-corrected chi connectivity index (χ2v) is 1.45. The van der Waals surface area contributed by atoms with Crippen LogP contribution in [0.15, 0.2) is 12.3 Å². The van der Waals surface area contributed by atoms with Crippen LogP contribution in [-0.4, -0.2) is 15.0 Å². The maximum Gasteiger partial charge on any atom is 0.147 e. The van der Waals surface area contributed by atoms with Crippen molar-refractivity contribution in [2.24, 2.45) is 7.05 Å². The molecule has 0 spiro atoms. The third-order valence-electron chi connectivity index (χ3n) is 0.935. The number of nitrogens with zero attached hydrogens (tertiary/aromatic N) is 2. The van der Waals surface area contributed by atoms with Crippen molar-refractivity contribution in [3.8, 4) is 0 Å². The smallest absolute Gasteiger partial charge is 0.147 e. The standard InChI is InChI=1S/C4H7N3O/c1-7-4(6-8)2-3-5-7/h2-3,6,8H,1H3. The first-order chi connectivity index (χ1) is 3.84. The highest BCUT2D eigenvalue weighted by Crippen LogP contribution is 1.99. The molecule has 0 radical (unpaired) electrons. The number of hydrogen-bond acceptors (Lipinski definition) is 3. The molecule has 4 nitrogen and oxygen atoms in total. The van der Waals surface area contributed by atoms with Gasteiger partial charge in [0.25, 0.3) is 0 Å². The van der Waals surface area contributed by atoms with Crippen LogP contribution in [0, 0.1) is 0 Å². The van der Waals surface area contributed by atoms with Crippen LogP contribution in [0.1, 0.15) is 0 Å². The molecule has 0 saturated carbocycles. The first-order valence-corrected chi connectivity index (χ1v) is 2.22. The van der Waals surface area contributed by atoms with Crippen molar-refractivity contribution in [3.63, 3.8) is 0 Å². The number of aryl methyl sites for hydroxylation is 1. The number of hydrogen-bond donors (Lipinski definition) is 2. The van der Waals surface area contributed by atoms with Gasteiger partial charge in [0.15, 0.2) is 0 Å². The Hall–Kier alpha value is -1.03. The predicted octanol–water partition coefficient (Wildman–Crippen LogP) is 0.221. The number of anilines is 1. The fourth-order valence-corrected chi connectivity index (χ4v) is 0.484. The molecule has 1 heterocycles. The molecule has 0 atom stereocenters. The van der Waals surface area contributed by atoms with Crippen LogP contribution in [-0.2, 0) is 7.05 Å². The van der Waals surface area contributed by atoms with Crippen LogP contribution in [0.4, 0.5) is 5.82 Å². The molecule has 1 aromatic rings. The summed E-state index contributed by atoms with van der Waals surface area (Å²) in [4.78, 5) is 0. The minimum Gasteiger partial charge on any atom is -0.290 e. The molecule has 0 bridgehead atoms. The van der Waals surface area contributed by atoms with Gasteiger partial charge in [0.1, 0.15) is 5.82 Å². The van der Waals surface area contributed by atoms with Crippen molar-refractivity contribution in [1.29, 1.82) is 0 Å². The highest BCUT2D eigenvalue weighted by Gasteiger charge is 1.90. The summed E-state index contributed by atoms with van der Waals surface area (Å²) in [6, 6.07) is 1.67. The Kier molecular flexibility index (Phi) is 1.17. The van der Waals surface area contributed by atoms with Gasteiger partial charge in [-0.2, -0.15) is 5.10 Å². The Morgan fingerprint density at radius 1 is 1.88 bits per heavy atom. The number of rotatable bonds is 1. The largest absolute Gasteiger partial charge is 0.290 e. The Balaban J connectivity index is 2.92. The Morgan fingerprint density at radius 3 is 2.88 bits per heavy atom. The van der Waals surface area contributed by atoms with Gasteiger partial charge in [-0.3, -0.25) is 15.4 Å². The molecule has 1 rings (SSSR count). The summed E-state index contributed by atoms with van der Waals surface area (Å²) in [6.07, 6.45) is 1.60. The maximum atomic E-state index is 8.30. The van der Waals surface area contributed by atoms with E-state index in [1.807, 2.05) is 5.48 Å². The topological polar surface area (TPSA) is 50.1 Å². The van der Waals surface area contributed by atoms with Crippen LogP contribution >= 0.6 is 0 Å². The lowest BCUT2D eigenvalue weighted by Crippen LogP contribution is -1.98. The molecular formula is C4H7N3O. The van der Waals surface area contributed by atoms with Crippen LogP contribution in [0.25, 0.3) is 0 Å². The van der Waals surface area contributed by atoms with E-state index < -0.39 is 0 Å². The Morgan fingerprint density at radius 2 is 2.62 bits per heavy atom. The summed E-state index contributed by atoms with van der Waals surface area (Å²) in [5.74, 6) is 0.588. The van der Waals surface area contributed by atoms with Crippen molar-refractivity contribution in [1.82, 2.24) is 9.78 Å². The van der Waals surface area contributed by atoms with Crippen molar-refractivity contribution < 1.29 is 5.21 Å². The molecule has 0 aliphatic rings. The quantitative estimate of drug-likeness (QED) is 0.512. The van der Waals surface area contributed by atoms with Gasteiger partial charge >= 0.3 is 0 Å². The van der Waals surface area contributed by atoms with Crippen LogP contribution in [0.2, 0.25) is 0 Å². The van der Waals surface area contributed by atoms with E-state index in [0.717, 1.165) is 0 Å². The van der Waals surface area contributed by atoms with Gasteiger partial charge in [-0.05, 0) is 0 Å². The van der Waals surface area contributed by atoms with Crippen molar-refractivity contribution in [2.75, 3.05) is 5.48 Å². The second kappa shape index (κ2) is 1.83. The van der Waals surface area contributed by atoms with E-state index in [0.29, 0.717) is 5.82 Å². The number of nitrogens with one attached hydrogen (secondary N) is 1. The van der Waals surface area contributed by atoms with Gasteiger partial charge in [-0.25, -0.2) is 0 Å². The third-order valence-corrected chi connectivity index (χ3v) is 0.935. The van der Waals surface area contributed by atoms with Gasteiger partial charge in [-0.15, -0.1) is 0 Å². The summed E-state index contributed by atoms with van der Waals surface area (Å²) < 4.78 is 1.53. The van der Waals surface area contributed by atoms with Crippen molar-refractivity contribution in [3.05, 3.63) is 12.3 Å². The molecule has 1 aromatic heterocycles. The monoisotopic (exact) mass is 113 g/mol. The Labute approximate surface area is 46.7 Å². The van der Waals surface area contributed by atoms with E-state index in [1.165, 1.54) is 4.68 Å². The lowest BCUT2D eigenvalue weighted by Gasteiger charge is -1.94. The first kappa shape index (κ1) is 5.11. The van der Waals surface area contributed by atoms with Gasteiger partial charge in [0.05, 0.1) is 6.20 Å². The summed E-state index contributed by atoms with van der Waals surface area (Å²) in [5, 5.41) is 12.1. The average molecular weight is 113 g/mol. The molecule has 0 aliphatic carbocycles. The molecule has 4 heteroatoms. The molecule has 0 fully saturated rings. The average Bonchev–Trinajstić information content (AvgIpc) is 2.14. The second-order valence-electron chi connectivity index (χ2n) is 1.45. The molecule has 0 amide bonds. The van der Waals surface area contributed by atoms with Crippen LogP contribution in [0.3, 0.4) is 0 Å². The zero-order valence-electron chi connectivity index (χ0n) is 4.50. The molecule has 0 saturated heterocycles. The molecule has 8 heavy (non-hydrogen) atoms. The Bertz CT molecular complexity index is 172. The van der Waals surface area contributed by atoms with Gasteiger partial charge < -0.3 is 0 Å². The normalized spacial score (nSPS) is 9.25. The predicted molar refractivity (Wildman–Crippen MR) is 28.6 cm³/mol. The molecule has 0 aliphatic heterocycles. The molecule has 0 unspecified atom stereocenters. The fourth-order valence-electron chi connectivity index (χ4n) is 0.484. The zero-order chi connectivity index (χ0) is 5.98. The summed E-state index contributed by atoms with van der Waals surface area (Å²) in [7, 11) is 1.73.